The molecular weight excluding hydrogens is 310 g/mol. The lowest BCUT2D eigenvalue weighted by atomic mass is 10.0. The van der Waals surface area contributed by atoms with Crippen LogP contribution in [0.25, 0.3) is 10.8 Å². The number of hydrogen-bond donors (Lipinski definition) is 1. The van der Waals surface area contributed by atoms with E-state index in [9.17, 15) is 9.59 Å². The molecule has 3 aromatic rings. The van der Waals surface area contributed by atoms with Crippen LogP contribution in [-0.4, -0.2) is 11.7 Å². The number of benzene rings is 3. The average Bonchev–Trinajstić information content (AvgIpc) is 2.63. The van der Waals surface area contributed by atoms with Crippen molar-refractivity contribution in [1.29, 1.82) is 0 Å². The van der Waals surface area contributed by atoms with Gasteiger partial charge in [-0.15, -0.1) is 0 Å². The van der Waals surface area contributed by atoms with Gasteiger partial charge < -0.3 is 5.32 Å². The standard InChI is InChI=1S/C22H21NO2/c1-15-6-5-9-20(16(15)2)23-22(25)13-12-21(24)19-11-10-17-7-3-4-8-18(17)14-19/h3-11,14H,12-13H2,1-2H3,(H,23,25). The van der Waals surface area contributed by atoms with Gasteiger partial charge >= 0.3 is 0 Å². The Morgan fingerprint density at radius 3 is 2.40 bits per heavy atom. The molecule has 0 bridgehead atoms. The minimum atomic E-state index is -0.136. The molecule has 25 heavy (non-hydrogen) atoms. The maximum absolute atomic E-state index is 12.4. The fraction of sp³-hybridized carbons (Fsp3) is 0.182. The van der Waals surface area contributed by atoms with Crippen molar-refractivity contribution in [2.75, 3.05) is 5.32 Å². The second-order valence-corrected chi connectivity index (χ2v) is 6.28. The van der Waals surface area contributed by atoms with Crippen LogP contribution < -0.4 is 5.32 Å². The number of nitrogens with one attached hydrogen (secondary N) is 1. The normalized spacial score (nSPS) is 10.6. The van der Waals surface area contributed by atoms with Gasteiger partial charge in [0.25, 0.3) is 0 Å². The van der Waals surface area contributed by atoms with E-state index >= 15 is 0 Å². The number of Topliss-reactive ketones (excluding diaryl/α,β-unsaturated/α-hetero) is 1. The fourth-order valence-corrected chi connectivity index (χ4v) is 2.83. The van der Waals surface area contributed by atoms with Crippen LogP contribution in [-0.2, 0) is 4.79 Å². The van der Waals surface area contributed by atoms with Crippen molar-refractivity contribution in [3.05, 3.63) is 77.4 Å². The van der Waals surface area contributed by atoms with Crippen LogP contribution in [0.5, 0.6) is 0 Å². The Bertz CT molecular complexity index is 944. The van der Waals surface area contributed by atoms with E-state index in [0.29, 0.717) is 5.56 Å². The molecule has 126 valence electrons. The monoisotopic (exact) mass is 331 g/mol. The van der Waals surface area contributed by atoms with Crippen LogP contribution in [0, 0.1) is 13.8 Å². The number of fused-ring (bicyclic) bond motifs is 1. The largest absolute Gasteiger partial charge is 0.326 e. The molecule has 0 aliphatic carbocycles. The highest BCUT2D eigenvalue weighted by Crippen LogP contribution is 2.19. The molecule has 0 aliphatic heterocycles. The van der Waals surface area contributed by atoms with Crippen molar-refractivity contribution in [2.45, 2.75) is 26.7 Å². The third kappa shape index (κ3) is 3.94. The summed E-state index contributed by atoms with van der Waals surface area (Å²) >= 11 is 0. The first kappa shape index (κ1) is 16.9. The molecule has 3 heteroatoms. The predicted molar refractivity (Wildman–Crippen MR) is 102 cm³/mol. The van der Waals surface area contributed by atoms with Gasteiger partial charge in [-0.1, -0.05) is 48.5 Å². The van der Waals surface area contributed by atoms with Gasteiger partial charge in [-0.25, -0.2) is 0 Å². The van der Waals surface area contributed by atoms with Crippen LogP contribution in [0.2, 0.25) is 0 Å². The molecule has 0 unspecified atom stereocenters. The Kier molecular flexibility index (Phi) is 4.94. The lowest BCUT2D eigenvalue weighted by Crippen LogP contribution is -2.14. The summed E-state index contributed by atoms with van der Waals surface area (Å²) in [6, 6.07) is 19.4. The van der Waals surface area contributed by atoms with Gasteiger partial charge in [-0.2, -0.15) is 0 Å². The molecular formula is C22H21NO2. The zero-order valence-corrected chi connectivity index (χ0v) is 14.5. The van der Waals surface area contributed by atoms with Gasteiger partial charge in [0.05, 0.1) is 0 Å². The fourth-order valence-electron chi connectivity index (χ4n) is 2.83. The molecule has 3 nitrogen and oxygen atoms in total. The average molecular weight is 331 g/mol. The topological polar surface area (TPSA) is 46.2 Å². The zero-order valence-electron chi connectivity index (χ0n) is 14.5. The van der Waals surface area contributed by atoms with E-state index in [-0.39, 0.29) is 24.5 Å². The van der Waals surface area contributed by atoms with Crippen LogP contribution in [0.4, 0.5) is 5.69 Å². The summed E-state index contributed by atoms with van der Waals surface area (Å²) in [6.07, 6.45) is 0.383. The van der Waals surface area contributed by atoms with Gasteiger partial charge in [-0.3, -0.25) is 9.59 Å². The maximum atomic E-state index is 12.4. The summed E-state index contributed by atoms with van der Waals surface area (Å²) < 4.78 is 0. The minimum Gasteiger partial charge on any atom is -0.326 e. The van der Waals surface area contributed by atoms with Crippen LogP contribution in [0.3, 0.4) is 0 Å². The van der Waals surface area contributed by atoms with Crippen molar-refractivity contribution in [2.24, 2.45) is 0 Å². The Hall–Kier alpha value is -2.94. The summed E-state index contributed by atoms with van der Waals surface area (Å²) in [4.78, 5) is 24.5. The summed E-state index contributed by atoms with van der Waals surface area (Å²) in [5, 5.41) is 5.04. The van der Waals surface area contributed by atoms with Gasteiger partial charge in [0.2, 0.25) is 5.91 Å². The van der Waals surface area contributed by atoms with Crippen molar-refractivity contribution in [1.82, 2.24) is 0 Å². The zero-order chi connectivity index (χ0) is 17.8. The van der Waals surface area contributed by atoms with E-state index in [0.717, 1.165) is 27.6 Å². The molecule has 3 rings (SSSR count). The number of carbonyl (C=O) groups excluding carboxylic acids is 2. The number of rotatable bonds is 5. The number of ketones is 1. The Morgan fingerprint density at radius 2 is 1.60 bits per heavy atom. The number of anilines is 1. The Labute approximate surface area is 147 Å². The SMILES string of the molecule is Cc1cccc(NC(=O)CCC(=O)c2ccc3ccccc3c2)c1C. The van der Waals surface area contributed by atoms with Gasteiger partial charge in [0, 0.05) is 24.1 Å². The molecule has 0 aliphatic rings. The molecule has 3 aromatic carbocycles. The first-order chi connectivity index (χ1) is 12.0. The van der Waals surface area contributed by atoms with Crippen LogP contribution in [0.15, 0.2) is 60.7 Å². The number of amides is 1. The number of carbonyl (C=O) groups is 2. The summed E-state index contributed by atoms with van der Waals surface area (Å²) in [6.45, 7) is 3.99. The second kappa shape index (κ2) is 7.31. The third-order valence-electron chi connectivity index (χ3n) is 4.53. The quantitative estimate of drug-likeness (QED) is 0.664. The highest BCUT2D eigenvalue weighted by Gasteiger charge is 2.11. The lowest BCUT2D eigenvalue weighted by molar-refractivity contribution is -0.116. The van der Waals surface area contributed by atoms with Crippen molar-refractivity contribution in [3.63, 3.8) is 0 Å². The van der Waals surface area contributed by atoms with Gasteiger partial charge in [-0.05, 0) is 47.9 Å². The number of hydrogen-bond acceptors (Lipinski definition) is 2. The molecule has 0 saturated heterocycles. The first-order valence-electron chi connectivity index (χ1n) is 8.42. The van der Waals surface area contributed by atoms with Crippen LogP contribution in [0.1, 0.15) is 34.3 Å². The summed E-state index contributed by atoms with van der Waals surface area (Å²) in [5.41, 5.74) is 3.64. The van der Waals surface area contributed by atoms with Crippen molar-refractivity contribution >= 4 is 28.2 Å². The predicted octanol–water partition coefficient (Wildman–Crippen LogP) is 5.06. The first-order valence-corrected chi connectivity index (χ1v) is 8.42. The Morgan fingerprint density at radius 1 is 0.840 bits per heavy atom. The molecule has 0 fully saturated rings. The molecule has 0 radical (unpaired) electrons. The number of aryl methyl sites for hydroxylation is 1. The molecule has 0 atom stereocenters. The molecule has 1 N–H and O–H groups in total. The van der Waals surface area contributed by atoms with E-state index in [1.807, 2.05) is 74.5 Å². The minimum absolute atomic E-state index is 0.0122. The van der Waals surface area contributed by atoms with Gasteiger partial charge in [0.1, 0.15) is 0 Å². The van der Waals surface area contributed by atoms with Gasteiger partial charge in [0.15, 0.2) is 5.78 Å². The van der Waals surface area contributed by atoms with Crippen molar-refractivity contribution < 1.29 is 9.59 Å². The van der Waals surface area contributed by atoms with Crippen LogP contribution >= 0.6 is 0 Å². The second-order valence-electron chi connectivity index (χ2n) is 6.28. The molecule has 0 heterocycles. The third-order valence-corrected chi connectivity index (χ3v) is 4.53. The maximum Gasteiger partial charge on any atom is 0.224 e. The smallest absolute Gasteiger partial charge is 0.224 e. The summed E-state index contributed by atoms with van der Waals surface area (Å²) in [7, 11) is 0. The van der Waals surface area contributed by atoms with E-state index in [4.69, 9.17) is 0 Å². The highest BCUT2D eigenvalue weighted by atomic mass is 16.2. The van der Waals surface area contributed by atoms with E-state index in [2.05, 4.69) is 5.32 Å². The van der Waals surface area contributed by atoms with E-state index in [1.165, 1.54) is 0 Å². The summed E-state index contributed by atoms with van der Waals surface area (Å²) in [5.74, 6) is -0.148. The van der Waals surface area contributed by atoms with E-state index in [1.54, 1.807) is 0 Å². The molecule has 1 amide bonds. The van der Waals surface area contributed by atoms with E-state index < -0.39 is 0 Å². The molecule has 0 aromatic heterocycles. The molecule has 0 saturated carbocycles. The highest BCUT2D eigenvalue weighted by molar-refractivity contribution is 6.02. The Balaban J connectivity index is 1.63. The van der Waals surface area contributed by atoms with Crippen molar-refractivity contribution in [3.8, 4) is 0 Å². The molecule has 0 spiro atoms. The lowest BCUT2D eigenvalue weighted by Gasteiger charge is -2.10.